The molecule has 1 saturated carbocycles. The van der Waals surface area contributed by atoms with Gasteiger partial charge in [0.15, 0.2) is 0 Å². The van der Waals surface area contributed by atoms with E-state index in [1.165, 1.54) is 30.4 Å². The highest BCUT2D eigenvalue weighted by atomic mass is 16.5. The second-order valence-corrected chi connectivity index (χ2v) is 6.90. The predicted molar refractivity (Wildman–Crippen MR) is 85.1 cm³/mol. The molecule has 1 unspecified atom stereocenters. The van der Waals surface area contributed by atoms with Gasteiger partial charge in [0, 0.05) is 30.6 Å². The van der Waals surface area contributed by atoms with Crippen molar-refractivity contribution in [1.82, 2.24) is 5.32 Å². The quantitative estimate of drug-likeness (QED) is 0.866. The number of ether oxygens (including phenoxy) is 2. The molecule has 2 aliphatic rings. The van der Waals surface area contributed by atoms with E-state index in [-0.39, 0.29) is 6.10 Å². The minimum Gasteiger partial charge on any atom is -0.494 e. The Labute approximate surface area is 128 Å². The van der Waals surface area contributed by atoms with Crippen LogP contribution in [0.15, 0.2) is 12.1 Å². The Bertz CT molecular complexity index is 508. The van der Waals surface area contributed by atoms with Crippen LogP contribution in [0.2, 0.25) is 0 Å². The zero-order valence-corrected chi connectivity index (χ0v) is 13.5. The minimum absolute atomic E-state index is 0.284. The maximum absolute atomic E-state index is 5.88. The van der Waals surface area contributed by atoms with Crippen LogP contribution in [0, 0.1) is 5.41 Å². The second kappa shape index (κ2) is 5.88. The van der Waals surface area contributed by atoms with Gasteiger partial charge in [-0.15, -0.1) is 0 Å². The topological polar surface area (TPSA) is 30.5 Å². The summed E-state index contributed by atoms with van der Waals surface area (Å²) in [6.07, 6.45) is 5.35. The van der Waals surface area contributed by atoms with Crippen LogP contribution in [-0.4, -0.2) is 19.3 Å². The molecule has 0 amide bonds. The monoisotopic (exact) mass is 289 g/mol. The van der Waals surface area contributed by atoms with Gasteiger partial charge in [-0.2, -0.15) is 0 Å². The Balaban J connectivity index is 1.69. The predicted octanol–water partition coefficient (Wildman–Crippen LogP) is 3.69. The van der Waals surface area contributed by atoms with E-state index < -0.39 is 0 Å². The maximum Gasteiger partial charge on any atom is 0.124 e. The molecule has 0 saturated heterocycles. The fraction of sp³-hybridized carbons (Fsp3) is 0.667. The average Bonchev–Trinajstić information content (AvgIpc) is 2.76. The molecular weight excluding hydrogens is 262 g/mol. The van der Waals surface area contributed by atoms with Gasteiger partial charge in [0.2, 0.25) is 0 Å². The summed E-state index contributed by atoms with van der Waals surface area (Å²) in [4.78, 5) is 0. The minimum atomic E-state index is 0.284. The van der Waals surface area contributed by atoms with Crippen molar-refractivity contribution in [2.45, 2.75) is 59.1 Å². The zero-order chi connectivity index (χ0) is 14.9. The van der Waals surface area contributed by atoms with Crippen LogP contribution in [0.1, 0.15) is 51.2 Å². The summed E-state index contributed by atoms with van der Waals surface area (Å²) in [5.74, 6) is 2.05. The summed E-state index contributed by atoms with van der Waals surface area (Å²) in [5.41, 5.74) is 3.00. The van der Waals surface area contributed by atoms with Crippen LogP contribution in [-0.2, 0) is 13.0 Å². The fourth-order valence-corrected chi connectivity index (χ4v) is 3.37. The Morgan fingerprint density at radius 3 is 2.86 bits per heavy atom. The molecule has 0 bridgehead atoms. The summed E-state index contributed by atoms with van der Waals surface area (Å²) in [6.45, 7) is 9.19. The third-order valence-corrected chi connectivity index (χ3v) is 4.81. The molecule has 3 heteroatoms. The normalized spacial score (nSPS) is 22.3. The average molecular weight is 289 g/mol. The smallest absolute Gasteiger partial charge is 0.124 e. The molecule has 1 N–H and O–H groups in total. The Kier molecular flexibility index (Phi) is 4.12. The van der Waals surface area contributed by atoms with Gasteiger partial charge in [0.1, 0.15) is 17.6 Å². The Morgan fingerprint density at radius 2 is 2.19 bits per heavy atom. The third kappa shape index (κ3) is 3.18. The lowest BCUT2D eigenvalue weighted by Gasteiger charge is -2.38. The van der Waals surface area contributed by atoms with Crippen LogP contribution >= 0.6 is 0 Å². The van der Waals surface area contributed by atoms with Crippen molar-refractivity contribution < 1.29 is 9.47 Å². The van der Waals surface area contributed by atoms with E-state index in [0.717, 1.165) is 31.0 Å². The van der Waals surface area contributed by atoms with Crippen molar-refractivity contribution in [3.8, 4) is 11.5 Å². The van der Waals surface area contributed by atoms with Crippen LogP contribution in [0.3, 0.4) is 0 Å². The molecule has 0 radical (unpaired) electrons. The van der Waals surface area contributed by atoms with E-state index >= 15 is 0 Å². The fourth-order valence-electron chi connectivity index (χ4n) is 3.37. The number of hydrogen-bond donors (Lipinski definition) is 1. The number of rotatable bonds is 6. The van der Waals surface area contributed by atoms with E-state index in [1.54, 1.807) is 0 Å². The van der Waals surface area contributed by atoms with E-state index in [4.69, 9.17) is 9.47 Å². The molecule has 1 fully saturated rings. The highest BCUT2D eigenvalue weighted by Crippen LogP contribution is 2.40. The maximum atomic E-state index is 5.88. The van der Waals surface area contributed by atoms with Gasteiger partial charge in [0.25, 0.3) is 0 Å². The van der Waals surface area contributed by atoms with Gasteiger partial charge in [-0.1, -0.05) is 13.3 Å². The van der Waals surface area contributed by atoms with Gasteiger partial charge < -0.3 is 14.8 Å². The molecule has 1 heterocycles. The standard InChI is InChI=1S/C18H27NO2/c1-4-20-16-9-14-8-13(2)21-17(14)10-15(16)11-19-12-18(3)6-5-7-18/h9-10,13,19H,4-8,11-12H2,1-3H3. The van der Waals surface area contributed by atoms with Gasteiger partial charge in [0.05, 0.1) is 6.61 Å². The number of nitrogens with one attached hydrogen (secondary N) is 1. The molecule has 0 spiro atoms. The molecule has 1 atom stereocenters. The lowest BCUT2D eigenvalue weighted by atomic mass is 9.70. The van der Waals surface area contributed by atoms with Crippen molar-refractivity contribution in [2.24, 2.45) is 5.41 Å². The van der Waals surface area contributed by atoms with Crippen LogP contribution in [0.25, 0.3) is 0 Å². The van der Waals surface area contributed by atoms with Crippen LogP contribution < -0.4 is 14.8 Å². The summed E-state index contributed by atoms with van der Waals surface area (Å²) < 4.78 is 11.7. The van der Waals surface area contributed by atoms with Crippen molar-refractivity contribution in [2.75, 3.05) is 13.2 Å². The van der Waals surface area contributed by atoms with E-state index in [0.29, 0.717) is 12.0 Å². The Morgan fingerprint density at radius 1 is 1.38 bits per heavy atom. The van der Waals surface area contributed by atoms with Gasteiger partial charge >= 0.3 is 0 Å². The first-order valence-electron chi connectivity index (χ1n) is 8.25. The molecule has 1 aromatic carbocycles. The molecule has 1 aromatic rings. The SMILES string of the molecule is CCOc1cc2c(cc1CNCC1(C)CCC1)OC(C)C2. The molecule has 1 aliphatic heterocycles. The number of benzene rings is 1. The molecule has 0 aromatic heterocycles. The third-order valence-electron chi connectivity index (χ3n) is 4.81. The first kappa shape index (κ1) is 14.7. The van der Waals surface area contributed by atoms with E-state index in [9.17, 15) is 0 Å². The highest BCUT2D eigenvalue weighted by molar-refractivity contribution is 5.48. The highest BCUT2D eigenvalue weighted by Gasteiger charge is 2.31. The number of hydrogen-bond acceptors (Lipinski definition) is 3. The summed E-state index contributed by atoms with van der Waals surface area (Å²) in [6, 6.07) is 4.34. The van der Waals surface area contributed by atoms with E-state index in [2.05, 4.69) is 31.3 Å². The van der Waals surface area contributed by atoms with E-state index in [1.807, 2.05) is 6.92 Å². The first-order chi connectivity index (χ1) is 10.1. The number of fused-ring (bicyclic) bond motifs is 1. The second-order valence-electron chi connectivity index (χ2n) is 6.90. The molecule has 3 nitrogen and oxygen atoms in total. The summed E-state index contributed by atoms with van der Waals surface area (Å²) in [7, 11) is 0. The van der Waals surface area contributed by atoms with Crippen LogP contribution in [0.5, 0.6) is 11.5 Å². The van der Waals surface area contributed by atoms with Crippen molar-refractivity contribution >= 4 is 0 Å². The largest absolute Gasteiger partial charge is 0.494 e. The molecular formula is C18H27NO2. The lowest BCUT2D eigenvalue weighted by Crippen LogP contribution is -2.37. The Hall–Kier alpha value is -1.22. The molecule has 1 aliphatic carbocycles. The molecule has 21 heavy (non-hydrogen) atoms. The first-order valence-corrected chi connectivity index (χ1v) is 8.25. The molecule has 116 valence electrons. The van der Waals surface area contributed by atoms with Crippen molar-refractivity contribution in [3.05, 3.63) is 23.3 Å². The summed E-state index contributed by atoms with van der Waals surface area (Å²) in [5, 5.41) is 3.61. The van der Waals surface area contributed by atoms with Crippen molar-refractivity contribution in [3.63, 3.8) is 0 Å². The van der Waals surface area contributed by atoms with Crippen LogP contribution in [0.4, 0.5) is 0 Å². The molecule has 3 rings (SSSR count). The van der Waals surface area contributed by atoms with Crippen molar-refractivity contribution in [1.29, 1.82) is 0 Å². The lowest BCUT2D eigenvalue weighted by molar-refractivity contribution is 0.156. The zero-order valence-electron chi connectivity index (χ0n) is 13.5. The summed E-state index contributed by atoms with van der Waals surface area (Å²) >= 11 is 0. The van der Waals surface area contributed by atoms with Gasteiger partial charge in [-0.25, -0.2) is 0 Å². The van der Waals surface area contributed by atoms with Gasteiger partial charge in [-0.3, -0.25) is 0 Å². The van der Waals surface area contributed by atoms with Gasteiger partial charge in [-0.05, 0) is 44.2 Å².